The first-order valence-electron chi connectivity index (χ1n) is 6.88. The normalized spacial score (nSPS) is 14.9. The highest BCUT2D eigenvalue weighted by Gasteiger charge is 2.22. The van der Waals surface area contributed by atoms with Gasteiger partial charge in [-0.05, 0) is 43.2 Å². The minimum atomic E-state index is 0.453. The molecule has 3 rings (SSSR count). The van der Waals surface area contributed by atoms with Crippen LogP contribution in [-0.4, -0.2) is 30.2 Å². The van der Waals surface area contributed by atoms with Crippen LogP contribution in [0.4, 0.5) is 0 Å². The molecule has 104 valence electrons. The van der Waals surface area contributed by atoms with Crippen molar-refractivity contribution in [3.8, 4) is 17.0 Å². The van der Waals surface area contributed by atoms with Crippen LogP contribution in [0.1, 0.15) is 22.9 Å². The van der Waals surface area contributed by atoms with Gasteiger partial charge in [-0.15, -0.1) is 0 Å². The molecule has 0 bridgehead atoms. The van der Waals surface area contributed by atoms with Crippen molar-refractivity contribution in [2.45, 2.75) is 19.8 Å². The molecule has 2 aromatic rings. The van der Waals surface area contributed by atoms with Gasteiger partial charge in [-0.1, -0.05) is 0 Å². The summed E-state index contributed by atoms with van der Waals surface area (Å²) >= 11 is 0. The highest BCUT2D eigenvalue weighted by molar-refractivity contribution is 5.66. The Hall–Kier alpha value is -1.94. The van der Waals surface area contributed by atoms with Gasteiger partial charge in [-0.3, -0.25) is 0 Å². The molecule has 4 nitrogen and oxygen atoms in total. The fraction of sp³-hybridized carbons (Fsp3) is 0.375. The predicted molar refractivity (Wildman–Crippen MR) is 79.1 cm³/mol. The third-order valence-corrected chi connectivity index (χ3v) is 3.84. The average Bonchev–Trinajstić information content (AvgIpc) is 2.39. The van der Waals surface area contributed by atoms with Crippen molar-refractivity contribution < 1.29 is 4.74 Å². The van der Waals surface area contributed by atoms with E-state index in [0.717, 1.165) is 41.5 Å². The van der Waals surface area contributed by atoms with Crippen LogP contribution in [0.3, 0.4) is 0 Å². The van der Waals surface area contributed by atoms with Gasteiger partial charge in [0, 0.05) is 30.8 Å². The minimum Gasteiger partial charge on any atom is -0.496 e. The number of nitrogens with one attached hydrogen (secondary N) is 1. The molecular weight excluding hydrogens is 250 g/mol. The lowest BCUT2D eigenvalue weighted by atomic mass is 10.00. The maximum atomic E-state index is 5.36. The Morgan fingerprint density at radius 1 is 1.20 bits per heavy atom. The molecule has 0 aliphatic carbocycles. The zero-order valence-corrected chi connectivity index (χ0v) is 12.1. The van der Waals surface area contributed by atoms with Crippen molar-refractivity contribution in [2.75, 3.05) is 20.2 Å². The van der Waals surface area contributed by atoms with Gasteiger partial charge in [-0.2, -0.15) is 0 Å². The molecule has 0 atom stereocenters. The van der Waals surface area contributed by atoms with Crippen LogP contribution in [0, 0.1) is 13.8 Å². The van der Waals surface area contributed by atoms with Crippen LogP contribution in [0.5, 0.6) is 5.75 Å². The SMILES string of the molecule is COc1cc(C)c(-c2ccnc(C3CNC3)n2)cc1C. The molecule has 1 fully saturated rings. The topological polar surface area (TPSA) is 47.0 Å². The number of benzene rings is 1. The third-order valence-electron chi connectivity index (χ3n) is 3.84. The number of hydrogen-bond acceptors (Lipinski definition) is 4. The molecule has 0 spiro atoms. The van der Waals surface area contributed by atoms with E-state index in [1.54, 1.807) is 7.11 Å². The van der Waals surface area contributed by atoms with Gasteiger partial charge in [0.1, 0.15) is 11.6 Å². The van der Waals surface area contributed by atoms with Gasteiger partial charge in [0.15, 0.2) is 0 Å². The molecule has 0 radical (unpaired) electrons. The summed E-state index contributed by atoms with van der Waals surface area (Å²) in [6, 6.07) is 6.18. The molecule has 2 heterocycles. The van der Waals surface area contributed by atoms with E-state index in [4.69, 9.17) is 9.72 Å². The summed E-state index contributed by atoms with van der Waals surface area (Å²) in [7, 11) is 1.70. The van der Waals surface area contributed by atoms with E-state index < -0.39 is 0 Å². The number of nitrogens with zero attached hydrogens (tertiary/aromatic N) is 2. The van der Waals surface area contributed by atoms with E-state index in [1.165, 1.54) is 5.56 Å². The Morgan fingerprint density at radius 2 is 2.00 bits per heavy atom. The number of aromatic nitrogens is 2. The highest BCUT2D eigenvalue weighted by Crippen LogP contribution is 2.29. The van der Waals surface area contributed by atoms with Crippen LogP contribution in [0.15, 0.2) is 24.4 Å². The van der Waals surface area contributed by atoms with Crippen LogP contribution in [0.2, 0.25) is 0 Å². The van der Waals surface area contributed by atoms with Crippen LogP contribution in [-0.2, 0) is 0 Å². The van der Waals surface area contributed by atoms with Gasteiger partial charge in [0.05, 0.1) is 12.8 Å². The van der Waals surface area contributed by atoms with Crippen molar-refractivity contribution in [1.29, 1.82) is 0 Å². The third kappa shape index (κ3) is 2.27. The summed E-state index contributed by atoms with van der Waals surface area (Å²) in [6.07, 6.45) is 1.86. The van der Waals surface area contributed by atoms with Crippen molar-refractivity contribution in [3.05, 3.63) is 41.3 Å². The maximum absolute atomic E-state index is 5.36. The predicted octanol–water partition coefficient (Wildman–Crippen LogP) is 2.46. The second-order valence-electron chi connectivity index (χ2n) is 5.29. The van der Waals surface area contributed by atoms with E-state index in [9.17, 15) is 0 Å². The van der Waals surface area contributed by atoms with Crippen molar-refractivity contribution in [2.24, 2.45) is 0 Å². The molecular formula is C16H19N3O. The van der Waals surface area contributed by atoms with Gasteiger partial charge >= 0.3 is 0 Å². The Kier molecular flexibility index (Phi) is 3.40. The van der Waals surface area contributed by atoms with E-state index in [1.807, 2.05) is 12.3 Å². The first-order chi connectivity index (χ1) is 9.69. The minimum absolute atomic E-state index is 0.453. The second kappa shape index (κ2) is 5.21. The number of rotatable bonds is 3. The van der Waals surface area contributed by atoms with Crippen molar-refractivity contribution in [1.82, 2.24) is 15.3 Å². The second-order valence-corrected chi connectivity index (χ2v) is 5.29. The average molecular weight is 269 g/mol. The Bertz CT molecular complexity index is 636. The van der Waals surface area contributed by atoms with Crippen molar-refractivity contribution >= 4 is 0 Å². The lowest BCUT2D eigenvalue weighted by molar-refractivity contribution is 0.411. The first kappa shape index (κ1) is 13.1. The summed E-state index contributed by atoms with van der Waals surface area (Å²) in [5, 5.41) is 3.26. The summed E-state index contributed by atoms with van der Waals surface area (Å²) in [6.45, 7) is 6.10. The fourth-order valence-electron chi connectivity index (χ4n) is 2.48. The maximum Gasteiger partial charge on any atom is 0.134 e. The molecule has 0 saturated carbocycles. The molecule has 20 heavy (non-hydrogen) atoms. The summed E-state index contributed by atoms with van der Waals surface area (Å²) in [5.74, 6) is 2.31. The van der Waals surface area contributed by atoms with Crippen LogP contribution in [0.25, 0.3) is 11.3 Å². The zero-order valence-electron chi connectivity index (χ0n) is 12.1. The number of methoxy groups -OCH3 is 1. The number of hydrogen-bond donors (Lipinski definition) is 1. The Labute approximate surface area is 119 Å². The molecule has 0 amide bonds. The summed E-state index contributed by atoms with van der Waals surface area (Å²) < 4.78 is 5.36. The lowest BCUT2D eigenvalue weighted by Crippen LogP contribution is -2.40. The monoisotopic (exact) mass is 269 g/mol. The van der Waals surface area contributed by atoms with Gasteiger partial charge < -0.3 is 10.1 Å². The number of ether oxygens (including phenoxy) is 1. The van der Waals surface area contributed by atoms with Crippen LogP contribution >= 0.6 is 0 Å². The lowest BCUT2D eigenvalue weighted by Gasteiger charge is -2.25. The zero-order chi connectivity index (χ0) is 14.1. The molecule has 0 unspecified atom stereocenters. The van der Waals surface area contributed by atoms with Crippen molar-refractivity contribution in [3.63, 3.8) is 0 Å². The molecule has 1 aromatic heterocycles. The molecule has 1 aliphatic rings. The van der Waals surface area contributed by atoms with E-state index >= 15 is 0 Å². The molecule has 1 saturated heterocycles. The van der Waals surface area contributed by atoms with E-state index in [-0.39, 0.29) is 0 Å². The smallest absolute Gasteiger partial charge is 0.134 e. The molecule has 4 heteroatoms. The summed E-state index contributed by atoms with van der Waals surface area (Å²) in [4.78, 5) is 9.13. The first-order valence-corrected chi connectivity index (χ1v) is 6.88. The Balaban J connectivity index is 2.02. The Morgan fingerprint density at radius 3 is 2.65 bits per heavy atom. The standard InChI is InChI=1S/C16H19N3O/c1-10-7-15(20-3)11(2)6-13(10)14-4-5-18-16(19-14)12-8-17-9-12/h4-7,12,17H,8-9H2,1-3H3. The summed E-state index contributed by atoms with van der Waals surface area (Å²) in [5.41, 5.74) is 4.44. The number of aryl methyl sites for hydroxylation is 2. The van der Waals surface area contributed by atoms with Crippen LogP contribution < -0.4 is 10.1 Å². The molecule has 1 aliphatic heterocycles. The highest BCUT2D eigenvalue weighted by atomic mass is 16.5. The van der Waals surface area contributed by atoms with Gasteiger partial charge in [0.2, 0.25) is 0 Å². The van der Waals surface area contributed by atoms with E-state index in [0.29, 0.717) is 5.92 Å². The quantitative estimate of drug-likeness (QED) is 0.929. The van der Waals surface area contributed by atoms with E-state index in [2.05, 4.69) is 36.3 Å². The molecule has 1 N–H and O–H groups in total. The molecule has 1 aromatic carbocycles. The van der Waals surface area contributed by atoms with Gasteiger partial charge in [0.25, 0.3) is 0 Å². The fourth-order valence-corrected chi connectivity index (χ4v) is 2.48. The largest absolute Gasteiger partial charge is 0.496 e. The van der Waals surface area contributed by atoms with Gasteiger partial charge in [-0.25, -0.2) is 9.97 Å².